The molecular weight excluding hydrogens is 596 g/mol. The van der Waals surface area contributed by atoms with Crippen molar-refractivity contribution in [2.75, 3.05) is 31.1 Å². The molecule has 1 atom stereocenters. The number of piperazine rings is 1. The molecule has 43 heavy (non-hydrogen) atoms. The zero-order chi connectivity index (χ0) is 30.5. The highest BCUT2D eigenvalue weighted by atomic mass is 35.5. The maximum absolute atomic E-state index is 16.4. The summed E-state index contributed by atoms with van der Waals surface area (Å²) in [6.07, 6.45) is 5.66. The molecule has 0 radical (unpaired) electrons. The lowest BCUT2D eigenvalue weighted by atomic mass is 9.96. The summed E-state index contributed by atoms with van der Waals surface area (Å²) in [6.45, 7) is 6.67. The Hall–Kier alpha value is -3.42. The minimum Gasteiger partial charge on any atom is -0.368 e. The second-order valence-corrected chi connectivity index (χ2v) is 13.5. The van der Waals surface area contributed by atoms with E-state index in [0.29, 0.717) is 29.7 Å². The van der Waals surface area contributed by atoms with Crippen molar-refractivity contribution in [1.29, 1.82) is 0 Å². The van der Waals surface area contributed by atoms with E-state index in [0.717, 1.165) is 29.6 Å². The first-order valence-corrected chi connectivity index (χ1v) is 15.9. The third-order valence-electron chi connectivity index (χ3n) is 8.03. The van der Waals surface area contributed by atoms with E-state index < -0.39 is 27.9 Å². The highest BCUT2D eigenvalue weighted by molar-refractivity contribution is 7.86. The quantitative estimate of drug-likeness (QED) is 0.309. The predicted octanol–water partition coefficient (Wildman–Crippen LogP) is 5.06. The van der Waals surface area contributed by atoms with Gasteiger partial charge in [0.25, 0.3) is 10.2 Å². The average molecular weight is 628 g/mol. The topological polar surface area (TPSA) is 109 Å². The minimum absolute atomic E-state index is 0.104. The summed E-state index contributed by atoms with van der Waals surface area (Å²) in [4.78, 5) is 6.21. The van der Waals surface area contributed by atoms with Gasteiger partial charge in [-0.15, -0.1) is 0 Å². The number of aromatic nitrogens is 3. The highest BCUT2D eigenvalue weighted by Crippen LogP contribution is 2.42. The monoisotopic (exact) mass is 627 g/mol. The van der Waals surface area contributed by atoms with Crippen LogP contribution < -0.4 is 15.4 Å². The van der Waals surface area contributed by atoms with Gasteiger partial charge in [0, 0.05) is 83.3 Å². The lowest BCUT2D eigenvalue weighted by Crippen LogP contribution is -2.57. The van der Waals surface area contributed by atoms with Crippen molar-refractivity contribution >= 4 is 27.5 Å². The fraction of sp³-hybridized carbons (Fsp3) is 0.333. The molecule has 2 aromatic carbocycles. The van der Waals surface area contributed by atoms with Crippen molar-refractivity contribution in [2.24, 2.45) is 5.14 Å². The number of nitrogens with one attached hydrogen (secondary N) is 1. The normalized spacial score (nSPS) is 19.2. The number of hydrogen-bond donors (Lipinski definition) is 2. The van der Waals surface area contributed by atoms with Crippen LogP contribution in [0, 0.1) is 11.6 Å². The molecule has 2 aromatic heterocycles. The van der Waals surface area contributed by atoms with Gasteiger partial charge in [-0.3, -0.25) is 4.98 Å². The van der Waals surface area contributed by atoms with Crippen molar-refractivity contribution in [3.05, 3.63) is 83.3 Å². The fourth-order valence-corrected chi connectivity index (χ4v) is 7.25. The number of anilines is 1. The van der Waals surface area contributed by atoms with Crippen LogP contribution in [-0.2, 0) is 10.2 Å². The van der Waals surface area contributed by atoms with E-state index in [1.165, 1.54) is 22.9 Å². The Morgan fingerprint density at radius 2 is 1.84 bits per heavy atom. The van der Waals surface area contributed by atoms with Gasteiger partial charge in [-0.25, -0.2) is 18.6 Å². The molecule has 3 N–H and O–H groups in total. The van der Waals surface area contributed by atoms with Crippen molar-refractivity contribution < 1.29 is 17.2 Å². The summed E-state index contributed by atoms with van der Waals surface area (Å²) in [7, 11) is -4.06. The lowest BCUT2D eigenvalue weighted by Gasteiger charge is -2.40. The van der Waals surface area contributed by atoms with Gasteiger partial charge in [-0.1, -0.05) is 11.6 Å². The van der Waals surface area contributed by atoms with Gasteiger partial charge in [-0.2, -0.15) is 17.8 Å². The first kappa shape index (κ1) is 29.6. The highest BCUT2D eigenvalue weighted by Gasteiger charge is 2.36. The van der Waals surface area contributed by atoms with Gasteiger partial charge >= 0.3 is 0 Å². The Balaban J connectivity index is 1.45. The van der Waals surface area contributed by atoms with Gasteiger partial charge < -0.3 is 10.2 Å². The number of nitrogens with two attached hydrogens (primary N) is 1. The summed E-state index contributed by atoms with van der Waals surface area (Å²) in [5, 5.41) is 13.8. The SMILES string of the molecule is CC1(C)CN(c2ccc(-n3cc(-c4cc(Cl)cc(C5CCCN5S(N)(=O)=O)c4F)c(-c4ccncc4)n3)c(F)c2)CCN1. The van der Waals surface area contributed by atoms with Crippen molar-refractivity contribution in [1.82, 2.24) is 24.4 Å². The first-order valence-electron chi connectivity index (χ1n) is 14.0. The molecule has 2 aliphatic heterocycles. The largest absolute Gasteiger partial charge is 0.368 e. The van der Waals surface area contributed by atoms with Gasteiger partial charge in [0.05, 0.1) is 6.04 Å². The number of nitrogens with zero attached hydrogens (tertiary/aromatic N) is 5. The third kappa shape index (κ3) is 5.89. The minimum atomic E-state index is -4.06. The van der Waals surface area contributed by atoms with E-state index in [9.17, 15) is 8.42 Å². The summed E-state index contributed by atoms with van der Waals surface area (Å²) in [5.74, 6) is -1.12. The predicted molar refractivity (Wildman–Crippen MR) is 163 cm³/mol. The smallest absolute Gasteiger partial charge is 0.277 e. The zero-order valence-electron chi connectivity index (χ0n) is 23.8. The number of halogens is 3. The molecule has 0 spiro atoms. The molecule has 2 fully saturated rings. The lowest BCUT2D eigenvalue weighted by molar-refractivity contribution is 0.353. The molecule has 0 aliphatic carbocycles. The van der Waals surface area contributed by atoms with Crippen LogP contribution >= 0.6 is 11.6 Å². The number of rotatable bonds is 6. The Morgan fingerprint density at radius 3 is 2.53 bits per heavy atom. The van der Waals surface area contributed by atoms with Gasteiger partial charge in [-0.05, 0) is 69.2 Å². The maximum Gasteiger partial charge on any atom is 0.277 e. The second-order valence-electron chi connectivity index (χ2n) is 11.6. The van der Waals surface area contributed by atoms with Crippen LogP contribution in [0.2, 0.25) is 5.02 Å². The molecule has 1 unspecified atom stereocenters. The van der Waals surface area contributed by atoms with Crippen molar-refractivity contribution in [3.63, 3.8) is 0 Å². The molecule has 2 saturated heterocycles. The third-order valence-corrected chi connectivity index (χ3v) is 9.34. The molecular formula is C30H32ClF2N7O2S. The van der Waals surface area contributed by atoms with E-state index >= 15 is 8.78 Å². The number of pyridine rings is 1. The molecule has 2 aliphatic rings. The van der Waals surface area contributed by atoms with E-state index in [2.05, 4.69) is 29.0 Å². The molecule has 6 rings (SSSR count). The number of benzene rings is 2. The molecule has 0 saturated carbocycles. The Labute approximate surface area is 254 Å². The van der Waals surface area contributed by atoms with Crippen LogP contribution in [0.1, 0.15) is 38.3 Å². The summed E-state index contributed by atoms with van der Waals surface area (Å²) in [5.41, 5.74) is 2.47. The van der Waals surface area contributed by atoms with E-state index in [1.54, 1.807) is 36.8 Å². The van der Waals surface area contributed by atoms with Crippen LogP contribution in [0.5, 0.6) is 0 Å². The number of hydrogen-bond acceptors (Lipinski definition) is 6. The molecule has 226 valence electrons. The van der Waals surface area contributed by atoms with Gasteiger partial charge in [0.2, 0.25) is 0 Å². The summed E-state index contributed by atoms with van der Waals surface area (Å²) in [6, 6.07) is 10.6. The maximum atomic E-state index is 16.4. The van der Waals surface area contributed by atoms with Crippen LogP contribution in [0.3, 0.4) is 0 Å². The van der Waals surface area contributed by atoms with Gasteiger partial charge in [0.1, 0.15) is 17.2 Å². The zero-order valence-corrected chi connectivity index (χ0v) is 25.3. The van der Waals surface area contributed by atoms with Crippen molar-refractivity contribution in [3.8, 4) is 28.1 Å². The Morgan fingerprint density at radius 1 is 1.07 bits per heavy atom. The van der Waals surface area contributed by atoms with Crippen LogP contribution in [-0.4, -0.2) is 59.2 Å². The van der Waals surface area contributed by atoms with E-state index in [-0.39, 0.29) is 33.9 Å². The average Bonchev–Trinajstić information content (AvgIpc) is 3.62. The summed E-state index contributed by atoms with van der Waals surface area (Å²) < 4.78 is 59.1. The Kier molecular flexibility index (Phi) is 7.76. The molecule has 4 heterocycles. The van der Waals surface area contributed by atoms with E-state index in [1.807, 2.05) is 6.07 Å². The molecule has 13 heteroatoms. The fourth-order valence-electron chi connectivity index (χ4n) is 6.06. The summed E-state index contributed by atoms with van der Waals surface area (Å²) >= 11 is 6.50. The van der Waals surface area contributed by atoms with Crippen molar-refractivity contribution in [2.45, 2.75) is 38.3 Å². The first-order chi connectivity index (χ1) is 20.4. The van der Waals surface area contributed by atoms with Gasteiger partial charge in [0.15, 0.2) is 5.82 Å². The standard InChI is InChI=1S/C30H32ClF2N7O2S/c1-30(2)18-38(13-11-36-30)21-5-6-27(25(32)16-21)39-17-24(29(37-39)19-7-9-35-10-8-19)22-14-20(31)15-23(28(22)33)26-4-3-12-40(26)43(34,41)42/h5-10,14-17,26,36H,3-4,11-13,18H2,1-2H3,(H2,34,41,42). The van der Waals surface area contributed by atoms with Crippen LogP contribution in [0.25, 0.3) is 28.1 Å². The molecule has 0 bridgehead atoms. The van der Waals surface area contributed by atoms with Crippen LogP contribution in [0.4, 0.5) is 14.5 Å². The molecule has 9 nitrogen and oxygen atoms in total. The van der Waals surface area contributed by atoms with Crippen LogP contribution in [0.15, 0.2) is 61.1 Å². The second kappa shape index (κ2) is 11.3. The molecule has 4 aromatic rings. The van der Waals surface area contributed by atoms with E-state index in [4.69, 9.17) is 21.8 Å². The Bertz CT molecular complexity index is 1780. The molecule has 0 amide bonds.